The van der Waals surface area contributed by atoms with Crippen molar-refractivity contribution in [1.29, 1.82) is 0 Å². The molecule has 0 radical (unpaired) electrons. The number of hydrogen-bond acceptors (Lipinski definition) is 4. The molecule has 0 bridgehead atoms. The Morgan fingerprint density at radius 2 is 1.65 bits per heavy atom. The summed E-state index contributed by atoms with van der Waals surface area (Å²) in [7, 11) is 0. The first-order valence-corrected chi connectivity index (χ1v) is 7.37. The van der Waals surface area contributed by atoms with Gasteiger partial charge in [0.15, 0.2) is 0 Å². The number of amides is 2. The van der Waals surface area contributed by atoms with Crippen molar-refractivity contribution < 1.29 is 9.59 Å². The molecule has 1 atom stereocenters. The fourth-order valence-corrected chi connectivity index (χ4v) is 2.19. The molecule has 1 aliphatic heterocycles. The zero-order chi connectivity index (χ0) is 15.3. The predicted octanol–water partition coefficient (Wildman–Crippen LogP) is -0.361. The number of piperazine rings is 1. The monoisotopic (exact) mass is 284 g/mol. The molecule has 0 unspecified atom stereocenters. The standard InChI is InChI=1S/C14H28N4O2/c1-10(2)13(15)14(20)18-7-5-17(6-8-18)9-12(19)16-11(3)4/h10-11,13H,5-9,15H2,1-4H3,(H,16,19)/t13-/m0/s1. The van der Waals surface area contributed by atoms with E-state index >= 15 is 0 Å². The Hall–Kier alpha value is -1.14. The van der Waals surface area contributed by atoms with E-state index in [2.05, 4.69) is 10.2 Å². The number of nitrogens with zero attached hydrogens (tertiary/aromatic N) is 2. The van der Waals surface area contributed by atoms with Gasteiger partial charge in [-0.05, 0) is 19.8 Å². The second kappa shape index (κ2) is 7.59. The predicted molar refractivity (Wildman–Crippen MR) is 79.1 cm³/mol. The summed E-state index contributed by atoms with van der Waals surface area (Å²) in [5, 5.41) is 2.88. The maximum absolute atomic E-state index is 12.1. The normalized spacial score (nSPS) is 18.4. The second-order valence-corrected chi connectivity index (χ2v) is 6.09. The molecular weight excluding hydrogens is 256 g/mol. The van der Waals surface area contributed by atoms with Crippen molar-refractivity contribution in [3.05, 3.63) is 0 Å². The Morgan fingerprint density at radius 3 is 2.10 bits per heavy atom. The van der Waals surface area contributed by atoms with E-state index < -0.39 is 6.04 Å². The van der Waals surface area contributed by atoms with E-state index in [1.807, 2.05) is 32.6 Å². The molecule has 6 heteroatoms. The van der Waals surface area contributed by atoms with Gasteiger partial charge in [0.25, 0.3) is 0 Å². The van der Waals surface area contributed by atoms with Gasteiger partial charge in [-0.2, -0.15) is 0 Å². The van der Waals surface area contributed by atoms with Gasteiger partial charge in [-0.25, -0.2) is 0 Å². The maximum Gasteiger partial charge on any atom is 0.239 e. The van der Waals surface area contributed by atoms with Gasteiger partial charge in [-0.15, -0.1) is 0 Å². The first-order chi connectivity index (χ1) is 9.31. The number of carbonyl (C=O) groups excluding carboxylic acids is 2. The topological polar surface area (TPSA) is 78.7 Å². The van der Waals surface area contributed by atoms with Crippen molar-refractivity contribution >= 4 is 11.8 Å². The van der Waals surface area contributed by atoms with E-state index in [0.717, 1.165) is 13.1 Å². The van der Waals surface area contributed by atoms with Gasteiger partial charge < -0.3 is 16.0 Å². The first kappa shape index (κ1) is 16.9. The summed E-state index contributed by atoms with van der Waals surface area (Å²) < 4.78 is 0. The van der Waals surface area contributed by atoms with E-state index in [-0.39, 0.29) is 23.8 Å². The zero-order valence-electron chi connectivity index (χ0n) is 13.1. The maximum atomic E-state index is 12.1. The number of carbonyl (C=O) groups is 2. The molecule has 0 saturated carbocycles. The molecule has 1 saturated heterocycles. The van der Waals surface area contributed by atoms with Crippen LogP contribution >= 0.6 is 0 Å². The molecule has 2 amide bonds. The first-order valence-electron chi connectivity index (χ1n) is 7.37. The van der Waals surface area contributed by atoms with Crippen LogP contribution in [-0.2, 0) is 9.59 Å². The van der Waals surface area contributed by atoms with Crippen LogP contribution in [0.5, 0.6) is 0 Å². The van der Waals surface area contributed by atoms with Gasteiger partial charge in [0, 0.05) is 32.2 Å². The van der Waals surface area contributed by atoms with E-state index in [1.165, 1.54) is 0 Å². The Kier molecular flexibility index (Phi) is 6.42. The number of rotatable bonds is 5. The average molecular weight is 284 g/mol. The summed E-state index contributed by atoms with van der Waals surface area (Å²) in [5.74, 6) is 0.210. The third-order valence-corrected chi connectivity index (χ3v) is 3.50. The highest BCUT2D eigenvalue weighted by Gasteiger charge is 2.27. The van der Waals surface area contributed by atoms with Crippen molar-refractivity contribution in [3.63, 3.8) is 0 Å². The fraction of sp³-hybridized carbons (Fsp3) is 0.857. The molecule has 0 aromatic rings. The molecule has 0 aromatic carbocycles. The highest BCUT2D eigenvalue weighted by Crippen LogP contribution is 2.07. The lowest BCUT2D eigenvalue weighted by molar-refractivity contribution is -0.135. The minimum atomic E-state index is -0.425. The molecular formula is C14H28N4O2. The number of nitrogens with two attached hydrogens (primary N) is 1. The van der Waals surface area contributed by atoms with Gasteiger partial charge in [-0.1, -0.05) is 13.8 Å². The summed E-state index contributed by atoms with van der Waals surface area (Å²) in [6, 6.07) is -0.264. The summed E-state index contributed by atoms with van der Waals surface area (Å²) in [6.07, 6.45) is 0. The van der Waals surface area contributed by atoms with E-state index in [4.69, 9.17) is 5.73 Å². The molecule has 1 aliphatic rings. The van der Waals surface area contributed by atoms with Crippen molar-refractivity contribution in [1.82, 2.24) is 15.1 Å². The number of nitrogens with one attached hydrogen (secondary N) is 1. The van der Waals surface area contributed by atoms with E-state index in [0.29, 0.717) is 19.6 Å². The Morgan fingerprint density at radius 1 is 1.10 bits per heavy atom. The summed E-state index contributed by atoms with van der Waals surface area (Å²) >= 11 is 0. The van der Waals surface area contributed by atoms with Gasteiger partial charge in [0.2, 0.25) is 11.8 Å². The molecule has 3 N–H and O–H groups in total. The molecule has 6 nitrogen and oxygen atoms in total. The minimum absolute atomic E-state index is 0.0197. The average Bonchev–Trinajstić information content (AvgIpc) is 2.36. The smallest absolute Gasteiger partial charge is 0.239 e. The van der Waals surface area contributed by atoms with Gasteiger partial charge >= 0.3 is 0 Å². The van der Waals surface area contributed by atoms with Crippen molar-refractivity contribution in [2.45, 2.75) is 39.8 Å². The van der Waals surface area contributed by atoms with Crippen LogP contribution < -0.4 is 11.1 Å². The SMILES string of the molecule is CC(C)NC(=O)CN1CCN(C(=O)[C@@H](N)C(C)C)CC1. The van der Waals surface area contributed by atoms with Crippen LogP contribution in [0.2, 0.25) is 0 Å². The Bertz CT molecular complexity index is 336. The molecule has 116 valence electrons. The van der Waals surface area contributed by atoms with Crippen molar-refractivity contribution in [2.75, 3.05) is 32.7 Å². The Labute approximate surface area is 121 Å². The fourth-order valence-electron chi connectivity index (χ4n) is 2.19. The largest absolute Gasteiger partial charge is 0.353 e. The molecule has 0 aliphatic carbocycles. The lowest BCUT2D eigenvalue weighted by Crippen LogP contribution is -2.55. The van der Waals surface area contributed by atoms with Crippen LogP contribution in [0.15, 0.2) is 0 Å². The van der Waals surface area contributed by atoms with Crippen LogP contribution in [0, 0.1) is 5.92 Å². The van der Waals surface area contributed by atoms with Crippen LogP contribution in [0.25, 0.3) is 0 Å². The van der Waals surface area contributed by atoms with Crippen LogP contribution in [0.1, 0.15) is 27.7 Å². The van der Waals surface area contributed by atoms with Crippen LogP contribution in [0.4, 0.5) is 0 Å². The van der Waals surface area contributed by atoms with E-state index in [1.54, 1.807) is 0 Å². The van der Waals surface area contributed by atoms with Gasteiger partial charge in [-0.3, -0.25) is 14.5 Å². The summed E-state index contributed by atoms with van der Waals surface area (Å²) in [6.45, 7) is 10.9. The van der Waals surface area contributed by atoms with E-state index in [9.17, 15) is 9.59 Å². The third-order valence-electron chi connectivity index (χ3n) is 3.50. The molecule has 1 rings (SSSR count). The van der Waals surface area contributed by atoms with Crippen LogP contribution in [-0.4, -0.2) is 66.4 Å². The summed E-state index contributed by atoms with van der Waals surface area (Å²) in [4.78, 5) is 27.7. The quantitative estimate of drug-likeness (QED) is 0.722. The highest BCUT2D eigenvalue weighted by molar-refractivity contribution is 5.82. The third kappa shape index (κ3) is 5.09. The highest BCUT2D eigenvalue weighted by atomic mass is 16.2. The zero-order valence-corrected chi connectivity index (χ0v) is 13.1. The lowest BCUT2D eigenvalue weighted by Gasteiger charge is -2.36. The molecule has 0 spiro atoms. The second-order valence-electron chi connectivity index (χ2n) is 6.09. The molecule has 1 fully saturated rings. The molecule has 20 heavy (non-hydrogen) atoms. The van der Waals surface area contributed by atoms with Crippen LogP contribution in [0.3, 0.4) is 0 Å². The molecule has 1 heterocycles. The van der Waals surface area contributed by atoms with Gasteiger partial charge in [0.1, 0.15) is 0 Å². The lowest BCUT2D eigenvalue weighted by atomic mass is 10.0. The minimum Gasteiger partial charge on any atom is -0.353 e. The van der Waals surface area contributed by atoms with Crippen molar-refractivity contribution in [3.8, 4) is 0 Å². The van der Waals surface area contributed by atoms with Crippen molar-refractivity contribution in [2.24, 2.45) is 11.7 Å². The Balaban J connectivity index is 2.36. The summed E-state index contributed by atoms with van der Waals surface area (Å²) in [5.41, 5.74) is 5.89. The number of hydrogen-bond donors (Lipinski definition) is 2. The molecule has 0 aromatic heterocycles. The van der Waals surface area contributed by atoms with Gasteiger partial charge in [0.05, 0.1) is 12.6 Å².